The van der Waals surface area contributed by atoms with E-state index < -0.39 is 0 Å². The molecule has 5 aliphatic rings. The first-order valence-corrected chi connectivity index (χ1v) is 13.0. The second kappa shape index (κ2) is 6.84. The molecule has 5 saturated carbocycles. The molecule has 0 heterocycles. The van der Waals surface area contributed by atoms with Crippen LogP contribution in [0.4, 0.5) is 0 Å². The third-order valence-electron chi connectivity index (χ3n) is 11.4. The van der Waals surface area contributed by atoms with E-state index in [4.69, 9.17) is 0 Å². The molecule has 0 amide bonds. The molecular weight excluding hydrogens is 340 g/mol. The van der Waals surface area contributed by atoms with Gasteiger partial charge < -0.3 is 0 Å². The zero-order chi connectivity index (χ0) is 19.6. The molecule has 1 heteroatoms. The molecule has 5 fully saturated rings. The van der Waals surface area contributed by atoms with Gasteiger partial charge in [-0.25, -0.2) is 0 Å². The molecule has 0 aromatic rings. The van der Waals surface area contributed by atoms with Crippen molar-refractivity contribution in [3.8, 4) is 0 Å². The third-order valence-corrected chi connectivity index (χ3v) is 11.4. The van der Waals surface area contributed by atoms with E-state index in [1.807, 2.05) is 0 Å². The van der Waals surface area contributed by atoms with Crippen LogP contribution < -0.4 is 0 Å². The Morgan fingerprint density at radius 1 is 0.893 bits per heavy atom. The molecule has 0 bridgehead atoms. The molecular formula is C27H44O. The summed E-state index contributed by atoms with van der Waals surface area (Å²) in [6.07, 6.45) is 20.7. The molecule has 8 atom stereocenters. The van der Waals surface area contributed by atoms with Crippen molar-refractivity contribution < 1.29 is 4.79 Å². The highest BCUT2D eigenvalue weighted by atomic mass is 16.1. The van der Waals surface area contributed by atoms with Crippen LogP contribution in [0.5, 0.6) is 0 Å². The Hall–Kier alpha value is -0.330. The first kappa shape index (κ1) is 19.6. The second-order valence-corrected chi connectivity index (χ2v) is 12.2. The monoisotopic (exact) mass is 384 g/mol. The van der Waals surface area contributed by atoms with E-state index in [9.17, 15) is 4.79 Å². The quantitative estimate of drug-likeness (QED) is 0.413. The largest absolute Gasteiger partial charge is 0.299 e. The van der Waals surface area contributed by atoms with Crippen molar-refractivity contribution in [1.29, 1.82) is 0 Å². The summed E-state index contributed by atoms with van der Waals surface area (Å²) < 4.78 is 0. The van der Waals surface area contributed by atoms with Gasteiger partial charge in [-0.2, -0.15) is 0 Å². The summed E-state index contributed by atoms with van der Waals surface area (Å²) in [5.41, 5.74) is 1.09. The number of carbonyl (C=O) groups is 1. The lowest BCUT2D eigenvalue weighted by molar-refractivity contribution is -0.151. The number of hydrogen-bond acceptors (Lipinski definition) is 1. The van der Waals surface area contributed by atoms with E-state index in [2.05, 4.69) is 20.8 Å². The zero-order valence-electron chi connectivity index (χ0n) is 18.9. The highest BCUT2D eigenvalue weighted by Crippen LogP contribution is 2.80. The fraction of sp³-hybridized carbons (Fsp3) is 0.963. The van der Waals surface area contributed by atoms with E-state index >= 15 is 0 Å². The molecule has 0 aromatic heterocycles. The van der Waals surface area contributed by atoms with Crippen LogP contribution in [0.2, 0.25) is 0 Å². The maximum atomic E-state index is 13.4. The van der Waals surface area contributed by atoms with E-state index in [0.717, 1.165) is 36.0 Å². The lowest BCUT2D eigenvalue weighted by Crippen LogP contribution is -2.55. The number of Topliss-reactive ketones (excluding diaryl/α,β-unsaturated/α-hetero) is 1. The summed E-state index contributed by atoms with van der Waals surface area (Å²) in [6.45, 7) is 7.51. The van der Waals surface area contributed by atoms with Crippen molar-refractivity contribution >= 4 is 5.78 Å². The average molecular weight is 385 g/mol. The first-order valence-electron chi connectivity index (χ1n) is 13.0. The summed E-state index contributed by atoms with van der Waals surface area (Å²) in [7, 11) is 0. The van der Waals surface area contributed by atoms with E-state index in [1.54, 1.807) is 0 Å². The van der Waals surface area contributed by atoms with Crippen molar-refractivity contribution in [2.24, 2.45) is 45.8 Å². The number of carbonyl (C=O) groups excluding carboxylic acids is 1. The Morgan fingerprint density at radius 3 is 2.46 bits per heavy atom. The van der Waals surface area contributed by atoms with Gasteiger partial charge in [0, 0.05) is 11.8 Å². The minimum absolute atomic E-state index is 0.165. The van der Waals surface area contributed by atoms with Gasteiger partial charge in [0.25, 0.3) is 0 Å². The van der Waals surface area contributed by atoms with Gasteiger partial charge in [-0.05, 0) is 91.8 Å². The van der Waals surface area contributed by atoms with Gasteiger partial charge in [-0.3, -0.25) is 4.79 Å². The third kappa shape index (κ3) is 2.52. The van der Waals surface area contributed by atoms with Crippen LogP contribution in [0.3, 0.4) is 0 Å². The average Bonchev–Trinajstić information content (AvgIpc) is 3.22. The molecule has 8 unspecified atom stereocenters. The van der Waals surface area contributed by atoms with E-state index in [-0.39, 0.29) is 5.41 Å². The molecule has 0 saturated heterocycles. The summed E-state index contributed by atoms with van der Waals surface area (Å²) >= 11 is 0. The van der Waals surface area contributed by atoms with Crippen LogP contribution in [-0.4, -0.2) is 5.78 Å². The molecule has 1 spiro atoms. The fourth-order valence-electron chi connectivity index (χ4n) is 9.76. The fourth-order valence-corrected chi connectivity index (χ4v) is 9.76. The van der Waals surface area contributed by atoms with Gasteiger partial charge >= 0.3 is 0 Å². The predicted octanol–water partition coefficient (Wildman–Crippen LogP) is 7.57. The molecule has 5 aliphatic carbocycles. The van der Waals surface area contributed by atoms with Crippen molar-refractivity contribution in [1.82, 2.24) is 0 Å². The lowest BCUT2D eigenvalue weighted by atomic mass is 9.46. The number of rotatable bonds is 7. The standard InChI is InChI=1S/C27H44O/c1-4-5-6-7-8-9-10-19-11-12-22-21-17-24(28)27-18-20(27)13-16-26(27,3)23(21)14-15-25(19,22)2/h19-23H,4-18H2,1-3H3. The van der Waals surface area contributed by atoms with Crippen LogP contribution in [0.25, 0.3) is 0 Å². The zero-order valence-corrected chi connectivity index (χ0v) is 18.9. The number of ketones is 1. The Morgan fingerprint density at radius 2 is 1.68 bits per heavy atom. The maximum Gasteiger partial charge on any atom is 0.140 e. The van der Waals surface area contributed by atoms with Crippen LogP contribution in [0.15, 0.2) is 0 Å². The molecule has 1 nitrogen and oxygen atoms in total. The number of fused-ring (bicyclic) bond motifs is 4. The first-order chi connectivity index (χ1) is 13.5. The highest BCUT2D eigenvalue weighted by Gasteiger charge is 2.77. The van der Waals surface area contributed by atoms with Gasteiger partial charge in [0.2, 0.25) is 0 Å². The Labute approximate surface area is 173 Å². The summed E-state index contributed by atoms with van der Waals surface area (Å²) in [5, 5.41) is 0. The topological polar surface area (TPSA) is 17.1 Å². The van der Waals surface area contributed by atoms with Crippen LogP contribution in [0.1, 0.15) is 117 Å². The molecule has 0 N–H and O–H groups in total. The Balaban J connectivity index is 1.26. The highest BCUT2D eigenvalue weighted by molar-refractivity contribution is 5.91. The van der Waals surface area contributed by atoms with Crippen molar-refractivity contribution in [2.75, 3.05) is 0 Å². The minimum atomic E-state index is 0.165. The summed E-state index contributed by atoms with van der Waals surface area (Å²) in [4.78, 5) is 13.4. The van der Waals surface area contributed by atoms with Crippen LogP contribution in [-0.2, 0) is 4.79 Å². The minimum Gasteiger partial charge on any atom is -0.299 e. The molecule has 0 aromatic carbocycles. The molecule has 158 valence electrons. The summed E-state index contributed by atoms with van der Waals surface area (Å²) in [6, 6.07) is 0. The van der Waals surface area contributed by atoms with Gasteiger partial charge in [0.05, 0.1) is 0 Å². The maximum absolute atomic E-state index is 13.4. The molecule has 0 radical (unpaired) electrons. The predicted molar refractivity (Wildman–Crippen MR) is 116 cm³/mol. The molecule has 5 rings (SSSR count). The smallest absolute Gasteiger partial charge is 0.140 e. The molecule has 0 aliphatic heterocycles. The summed E-state index contributed by atoms with van der Waals surface area (Å²) in [5.74, 6) is 4.89. The second-order valence-electron chi connectivity index (χ2n) is 12.2. The van der Waals surface area contributed by atoms with Gasteiger partial charge in [0.15, 0.2) is 0 Å². The van der Waals surface area contributed by atoms with E-state index in [0.29, 0.717) is 16.6 Å². The Bertz CT molecular complexity index is 624. The van der Waals surface area contributed by atoms with E-state index in [1.165, 1.54) is 89.9 Å². The van der Waals surface area contributed by atoms with Gasteiger partial charge in [0.1, 0.15) is 5.78 Å². The normalized spacial score (nSPS) is 51.4. The lowest BCUT2D eigenvalue weighted by Gasteiger charge is -2.58. The molecule has 28 heavy (non-hydrogen) atoms. The van der Waals surface area contributed by atoms with Crippen molar-refractivity contribution in [3.63, 3.8) is 0 Å². The number of hydrogen-bond donors (Lipinski definition) is 0. The Kier molecular flexibility index (Phi) is 4.80. The SMILES string of the molecule is CCCCCCCCC1CCC2C3CC(=O)C45CC4CCC5(C)C3CCC12C. The van der Waals surface area contributed by atoms with Crippen molar-refractivity contribution in [3.05, 3.63) is 0 Å². The van der Waals surface area contributed by atoms with Crippen molar-refractivity contribution in [2.45, 2.75) is 117 Å². The van der Waals surface area contributed by atoms with Gasteiger partial charge in [-0.15, -0.1) is 0 Å². The van der Waals surface area contributed by atoms with Gasteiger partial charge in [-0.1, -0.05) is 59.3 Å². The van der Waals surface area contributed by atoms with Crippen LogP contribution in [0, 0.1) is 45.8 Å². The number of unbranched alkanes of at least 4 members (excludes halogenated alkanes) is 5. The van der Waals surface area contributed by atoms with Crippen LogP contribution >= 0.6 is 0 Å².